The van der Waals surface area contributed by atoms with Crippen LogP contribution in [0.4, 0.5) is 17.1 Å². The first-order valence-electron chi connectivity index (χ1n) is 9.67. The van der Waals surface area contributed by atoms with Crippen LogP contribution in [0.15, 0.2) is 77.7 Å². The zero-order chi connectivity index (χ0) is 22.4. The summed E-state index contributed by atoms with van der Waals surface area (Å²) in [6, 6.07) is 19.5. The molecule has 0 fully saturated rings. The summed E-state index contributed by atoms with van der Waals surface area (Å²) in [4.78, 5) is 24.1. The molecule has 0 aliphatic rings. The van der Waals surface area contributed by atoms with E-state index in [1.807, 2.05) is 19.1 Å². The van der Waals surface area contributed by atoms with Crippen LogP contribution in [-0.4, -0.2) is 20.2 Å². The van der Waals surface area contributed by atoms with E-state index in [0.29, 0.717) is 29.0 Å². The standard InChI is InChI=1S/C23H23N3O4S/c1-3-22(27)24-20-6-4-5-17(15-20)23(28)25-18-11-13-21(14-12-18)31(29,30)26-19-9-7-16(2)8-10-19/h4-15,26H,3H2,1-2H3,(H,24,27)(H,25,28). The maximum Gasteiger partial charge on any atom is 0.261 e. The van der Waals surface area contributed by atoms with Gasteiger partial charge in [0.15, 0.2) is 0 Å². The van der Waals surface area contributed by atoms with Gasteiger partial charge in [-0.1, -0.05) is 30.7 Å². The Hall–Kier alpha value is -3.65. The molecule has 0 aliphatic carbocycles. The van der Waals surface area contributed by atoms with Crippen molar-refractivity contribution in [1.29, 1.82) is 0 Å². The highest BCUT2D eigenvalue weighted by Gasteiger charge is 2.15. The molecule has 0 radical (unpaired) electrons. The molecule has 31 heavy (non-hydrogen) atoms. The fraction of sp³-hybridized carbons (Fsp3) is 0.130. The van der Waals surface area contributed by atoms with E-state index in [4.69, 9.17) is 0 Å². The Bertz CT molecular complexity index is 1190. The molecule has 0 saturated heterocycles. The van der Waals surface area contributed by atoms with Crippen molar-refractivity contribution in [3.63, 3.8) is 0 Å². The first kappa shape index (κ1) is 22.0. The van der Waals surface area contributed by atoms with Gasteiger partial charge in [0.1, 0.15) is 0 Å². The first-order chi connectivity index (χ1) is 14.8. The van der Waals surface area contributed by atoms with Crippen molar-refractivity contribution >= 4 is 38.9 Å². The highest BCUT2D eigenvalue weighted by Crippen LogP contribution is 2.20. The monoisotopic (exact) mass is 437 g/mol. The third kappa shape index (κ3) is 5.93. The van der Waals surface area contributed by atoms with E-state index in [0.717, 1.165) is 5.56 Å². The third-order valence-electron chi connectivity index (χ3n) is 4.46. The number of carbonyl (C=O) groups is 2. The topological polar surface area (TPSA) is 104 Å². The van der Waals surface area contributed by atoms with E-state index in [-0.39, 0.29) is 16.7 Å². The molecule has 3 rings (SSSR count). The summed E-state index contributed by atoms with van der Waals surface area (Å²) >= 11 is 0. The summed E-state index contributed by atoms with van der Waals surface area (Å²) < 4.78 is 27.6. The molecule has 2 amide bonds. The average molecular weight is 438 g/mol. The zero-order valence-corrected chi connectivity index (χ0v) is 18.0. The van der Waals surface area contributed by atoms with E-state index < -0.39 is 10.0 Å². The van der Waals surface area contributed by atoms with Crippen molar-refractivity contribution in [3.8, 4) is 0 Å². The molecule has 0 spiro atoms. The molecular formula is C23H23N3O4S. The van der Waals surface area contributed by atoms with Crippen LogP contribution in [0.1, 0.15) is 29.3 Å². The van der Waals surface area contributed by atoms with Gasteiger partial charge in [-0.15, -0.1) is 0 Å². The van der Waals surface area contributed by atoms with E-state index in [2.05, 4.69) is 15.4 Å². The largest absolute Gasteiger partial charge is 0.326 e. The van der Waals surface area contributed by atoms with Gasteiger partial charge in [-0.2, -0.15) is 0 Å². The van der Waals surface area contributed by atoms with Crippen LogP contribution in [0.5, 0.6) is 0 Å². The Kier molecular flexibility index (Phi) is 6.71. The minimum absolute atomic E-state index is 0.0790. The molecular weight excluding hydrogens is 414 g/mol. The number of aryl methyl sites for hydroxylation is 1. The summed E-state index contributed by atoms with van der Waals surface area (Å²) in [5.74, 6) is -0.519. The fourth-order valence-electron chi connectivity index (χ4n) is 2.74. The van der Waals surface area contributed by atoms with Crippen molar-refractivity contribution in [2.75, 3.05) is 15.4 Å². The van der Waals surface area contributed by atoms with E-state index in [9.17, 15) is 18.0 Å². The van der Waals surface area contributed by atoms with Crippen LogP contribution in [0.3, 0.4) is 0 Å². The first-order valence-corrected chi connectivity index (χ1v) is 11.2. The second kappa shape index (κ2) is 9.44. The molecule has 0 bridgehead atoms. The second-order valence-corrected chi connectivity index (χ2v) is 8.61. The van der Waals surface area contributed by atoms with Crippen LogP contribution in [-0.2, 0) is 14.8 Å². The molecule has 0 saturated carbocycles. The normalized spacial score (nSPS) is 10.9. The summed E-state index contributed by atoms with van der Waals surface area (Å²) in [5.41, 5.74) is 2.84. The summed E-state index contributed by atoms with van der Waals surface area (Å²) in [7, 11) is -3.75. The SMILES string of the molecule is CCC(=O)Nc1cccc(C(=O)Nc2ccc(S(=O)(=O)Nc3ccc(C)cc3)cc2)c1. The Morgan fingerprint density at radius 3 is 2.10 bits per heavy atom. The molecule has 0 unspecified atom stereocenters. The number of sulfonamides is 1. The van der Waals surface area contributed by atoms with E-state index in [1.165, 1.54) is 24.3 Å². The Balaban J connectivity index is 1.69. The maximum atomic E-state index is 12.6. The predicted molar refractivity (Wildman–Crippen MR) is 122 cm³/mol. The van der Waals surface area contributed by atoms with Gasteiger partial charge in [-0.3, -0.25) is 14.3 Å². The lowest BCUT2D eigenvalue weighted by Gasteiger charge is -2.10. The quantitative estimate of drug-likeness (QED) is 0.510. The lowest BCUT2D eigenvalue weighted by molar-refractivity contribution is -0.115. The minimum atomic E-state index is -3.75. The van der Waals surface area contributed by atoms with E-state index in [1.54, 1.807) is 43.3 Å². The highest BCUT2D eigenvalue weighted by molar-refractivity contribution is 7.92. The Labute approximate surface area is 181 Å². The molecule has 0 aromatic heterocycles. The molecule has 3 aromatic carbocycles. The molecule has 7 nitrogen and oxygen atoms in total. The van der Waals surface area contributed by atoms with Crippen LogP contribution in [0.25, 0.3) is 0 Å². The number of hydrogen-bond donors (Lipinski definition) is 3. The van der Waals surface area contributed by atoms with Gasteiger partial charge in [0, 0.05) is 29.0 Å². The molecule has 160 valence electrons. The average Bonchev–Trinajstić information content (AvgIpc) is 2.75. The van der Waals surface area contributed by atoms with Crippen LogP contribution < -0.4 is 15.4 Å². The smallest absolute Gasteiger partial charge is 0.261 e. The Morgan fingerprint density at radius 2 is 1.45 bits per heavy atom. The lowest BCUT2D eigenvalue weighted by Crippen LogP contribution is -2.15. The maximum absolute atomic E-state index is 12.6. The van der Waals surface area contributed by atoms with Gasteiger partial charge in [0.2, 0.25) is 5.91 Å². The summed E-state index contributed by atoms with van der Waals surface area (Å²) in [5, 5.41) is 5.43. The fourth-order valence-corrected chi connectivity index (χ4v) is 3.80. The van der Waals surface area contributed by atoms with Gasteiger partial charge >= 0.3 is 0 Å². The number of rotatable bonds is 7. The minimum Gasteiger partial charge on any atom is -0.326 e. The van der Waals surface area contributed by atoms with Crippen molar-refractivity contribution < 1.29 is 18.0 Å². The van der Waals surface area contributed by atoms with Crippen molar-refractivity contribution in [2.24, 2.45) is 0 Å². The summed E-state index contributed by atoms with van der Waals surface area (Å²) in [6.07, 6.45) is 0.338. The number of benzene rings is 3. The molecule has 0 atom stereocenters. The van der Waals surface area contributed by atoms with Crippen molar-refractivity contribution in [3.05, 3.63) is 83.9 Å². The van der Waals surface area contributed by atoms with Gasteiger partial charge in [0.05, 0.1) is 4.90 Å². The number of amides is 2. The molecule has 3 N–H and O–H groups in total. The number of hydrogen-bond acceptors (Lipinski definition) is 4. The van der Waals surface area contributed by atoms with Crippen molar-refractivity contribution in [2.45, 2.75) is 25.2 Å². The highest BCUT2D eigenvalue weighted by atomic mass is 32.2. The van der Waals surface area contributed by atoms with Gasteiger partial charge in [0.25, 0.3) is 15.9 Å². The van der Waals surface area contributed by atoms with Gasteiger partial charge in [-0.05, 0) is 61.5 Å². The van der Waals surface area contributed by atoms with Gasteiger partial charge < -0.3 is 10.6 Å². The van der Waals surface area contributed by atoms with Crippen LogP contribution in [0, 0.1) is 6.92 Å². The number of anilines is 3. The summed E-state index contributed by atoms with van der Waals surface area (Å²) in [6.45, 7) is 3.66. The molecule has 3 aromatic rings. The molecule has 0 aliphatic heterocycles. The van der Waals surface area contributed by atoms with Crippen molar-refractivity contribution in [1.82, 2.24) is 0 Å². The number of carbonyl (C=O) groups excluding carboxylic acids is 2. The van der Waals surface area contributed by atoms with Crippen LogP contribution in [0.2, 0.25) is 0 Å². The third-order valence-corrected chi connectivity index (χ3v) is 5.85. The lowest BCUT2D eigenvalue weighted by atomic mass is 10.1. The van der Waals surface area contributed by atoms with Gasteiger partial charge in [-0.25, -0.2) is 8.42 Å². The van der Waals surface area contributed by atoms with E-state index >= 15 is 0 Å². The molecule has 0 heterocycles. The molecule has 8 heteroatoms. The zero-order valence-electron chi connectivity index (χ0n) is 17.2. The predicted octanol–water partition coefficient (Wildman–Crippen LogP) is 4.40. The Morgan fingerprint density at radius 1 is 0.806 bits per heavy atom. The van der Waals surface area contributed by atoms with Crippen LogP contribution >= 0.6 is 0 Å². The second-order valence-electron chi connectivity index (χ2n) is 6.93. The number of nitrogens with one attached hydrogen (secondary N) is 3.